The fraction of sp³-hybridized carbons (Fsp3) is 0.400. The summed E-state index contributed by atoms with van der Waals surface area (Å²) < 4.78 is 5.12. The molecule has 0 radical (unpaired) electrons. The smallest absolute Gasteiger partial charge is 0.407 e. The molecule has 0 aliphatic carbocycles. The lowest BCUT2D eigenvalue weighted by molar-refractivity contribution is 0.0534. The molecule has 110 valence electrons. The van der Waals surface area contributed by atoms with Crippen molar-refractivity contribution in [2.75, 3.05) is 6.54 Å². The molecular weight excluding hydrogens is 297 g/mol. The van der Waals surface area contributed by atoms with Gasteiger partial charge in [0.2, 0.25) is 0 Å². The first-order valence-corrected chi connectivity index (χ1v) is 7.21. The summed E-state index contributed by atoms with van der Waals surface area (Å²) in [6.45, 7) is 5.87. The predicted octanol–water partition coefficient (Wildman–Crippen LogP) is 4.62. The Balaban J connectivity index is 2.47. The van der Waals surface area contributed by atoms with Crippen molar-refractivity contribution in [3.8, 4) is 0 Å². The second-order valence-electron chi connectivity index (χ2n) is 5.27. The van der Waals surface area contributed by atoms with E-state index in [0.29, 0.717) is 17.4 Å². The quantitative estimate of drug-likeness (QED) is 0.823. The highest BCUT2D eigenvalue weighted by Gasteiger charge is 2.14. The van der Waals surface area contributed by atoms with E-state index in [1.165, 1.54) is 0 Å². The molecule has 5 heteroatoms. The number of carbonyl (C=O) groups excluding carboxylic acids is 1. The zero-order valence-corrected chi connectivity index (χ0v) is 13.4. The van der Waals surface area contributed by atoms with Gasteiger partial charge in [0.15, 0.2) is 0 Å². The summed E-state index contributed by atoms with van der Waals surface area (Å²) in [7, 11) is 0. The van der Waals surface area contributed by atoms with E-state index in [1.807, 2.05) is 45.1 Å². The molecule has 0 fully saturated rings. The molecule has 0 saturated heterocycles. The number of alkyl halides is 1. The number of nitrogens with one attached hydrogen (secondary N) is 1. The molecule has 0 unspecified atom stereocenters. The van der Waals surface area contributed by atoms with Gasteiger partial charge in [-0.15, -0.1) is 11.6 Å². The highest BCUT2D eigenvalue weighted by molar-refractivity contribution is 6.32. The number of hydrogen-bond donors (Lipinski definition) is 1. The van der Waals surface area contributed by atoms with Gasteiger partial charge in [-0.2, -0.15) is 0 Å². The highest BCUT2D eigenvalue weighted by Crippen LogP contribution is 2.20. The minimum absolute atomic E-state index is 0.372. The van der Waals surface area contributed by atoms with E-state index in [1.54, 1.807) is 6.07 Å². The number of amides is 1. The van der Waals surface area contributed by atoms with Crippen LogP contribution in [0.5, 0.6) is 0 Å². The molecule has 1 N–H and O–H groups in total. The minimum atomic E-state index is -0.487. The number of hydrogen-bond acceptors (Lipinski definition) is 2. The van der Waals surface area contributed by atoms with Crippen LogP contribution in [-0.4, -0.2) is 18.2 Å². The molecule has 0 aliphatic heterocycles. The van der Waals surface area contributed by atoms with Crippen molar-refractivity contribution >= 4 is 35.4 Å². The first-order chi connectivity index (χ1) is 9.31. The summed E-state index contributed by atoms with van der Waals surface area (Å²) in [6, 6.07) is 5.61. The van der Waals surface area contributed by atoms with Crippen molar-refractivity contribution in [1.82, 2.24) is 5.32 Å². The average Bonchev–Trinajstić information content (AvgIpc) is 2.34. The van der Waals surface area contributed by atoms with Crippen LogP contribution in [0, 0.1) is 0 Å². The lowest BCUT2D eigenvalue weighted by Gasteiger charge is -2.19. The molecule has 1 rings (SSSR count). The molecule has 1 amide bonds. The monoisotopic (exact) mass is 315 g/mol. The maximum absolute atomic E-state index is 11.4. The zero-order chi connectivity index (χ0) is 15.2. The number of rotatable bonds is 4. The van der Waals surface area contributed by atoms with E-state index in [4.69, 9.17) is 27.9 Å². The van der Waals surface area contributed by atoms with Crippen molar-refractivity contribution < 1.29 is 9.53 Å². The van der Waals surface area contributed by atoms with Crippen LogP contribution in [-0.2, 0) is 10.6 Å². The van der Waals surface area contributed by atoms with Gasteiger partial charge in [-0.3, -0.25) is 0 Å². The van der Waals surface area contributed by atoms with E-state index in [-0.39, 0.29) is 0 Å². The minimum Gasteiger partial charge on any atom is -0.444 e. The van der Waals surface area contributed by atoms with Gasteiger partial charge in [0.25, 0.3) is 0 Å². The Labute approximate surface area is 129 Å². The Morgan fingerprint density at radius 2 is 2.10 bits per heavy atom. The van der Waals surface area contributed by atoms with Gasteiger partial charge >= 0.3 is 6.09 Å². The third-order valence-corrected chi connectivity index (χ3v) is 2.94. The van der Waals surface area contributed by atoms with Crippen LogP contribution in [0.3, 0.4) is 0 Å². The second-order valence-corrected chi connectivity index (χ2v) is 5.94. The maximum Gasteiger partial charge on any atom is 0.407 e. The summed E-state index contributed by atoms with van der Waals surface area (Å²) in [6.07, 6.45) is 3.30. The van der Waals surface area contributed by atoms with Gasteiger partial charge < -0.3 is 10.1 Å². The summed E-state index contributed by atoms with van der Waals surface area (Å²) >= 11 is 11.8. The number of carbonyl (C=O) groups is 1. The van der Waals surface area contributed by atoms with Crippen molar-refractivity contribution in [2.24, 2.45) is 0 Å². The fourth-order valence-electron chi connectivity index (χ4n) is 1.45. The molecule has 0 aliphatic rings. The Kier molecular flexibility index (Phi) is 6.37. The normalized spacial score (nSPS) is 11.7. The van der Waals surface area contributed by atoms with E-state index < -0.39 is 11.7 Å². The molecule has 20 heavy (non-hydrogen) atoms. The van der Waals surface area contributed by atoms with Crippen LogP contribution in [0.2, 0.25) is 5.02 Å². The maximum atomic E-state index is 11.4. The molecule has 1 aromatic rings. The molecule has 0 bridgehead atoms. The second kappa shape index (κ2) is 7.55. The molecule has 3 nitrogen and oxygen atoms in total. The van der Waals surface area contributed by atoms with E-state index in [0.717, 1.165) is 11.1 Å². The van der Waals surface area contributed by atoms with Gasteiger partial charge in [-0.25, -0.2) is 4.79 Å². The molecule has 0 aromatic heterocycles. The molecule has 0 saturated carbocycles. The van der Waals surface area contributed by atoms with Crippen LogP contribution >= 0.6 is 23.2 Å². The Hall–Kier alpha value is -1.19. The number of alkyl carbamates (subject to hydrolysis) is 1. The van der Waals surface area contributed by atoms with Crippen molar-refractivity contribution in [2.45, 2.75) is 32.3 Å². The molecule has 0 spiro atoms. The Morgan fingerprint density at radius 3 is 2.70 bits per heavy atom. The largest absolute Gasteiger partial charge is 0.444 e. The number of halogens is 2. The van der Waals surface area contributed by atoms with Crippen molar-refractivity contribution in [3.05, 3.63) is 40.4 Å². The van der Waals surface area contributed by atoms with Crippen LogP contribution in [0.4, 0.5) is 4.79 Å². The third kappa shape index (κ3) is 6.31. The summed E-state index contributed by atoms with van der Waals surface area (Å²) in [5.74, 6) is 0.372. The van der Waals surface area contributed by atoms with Gasteiger partial charge in [-0.1, -0.05) is 29.8 Å². The van der Waals surface area contributed by atoms with Crippen LogP contribution in [0.1, 0.15) is 31.9 Å². The van der Waals surface area contributed by atoms with E-state index in [9.17, 15) is 4.79 Å². The number of benzene rings is 1. The summed E-state index contributed by atoms with van der Waals surface area (Å²) in [4.78, 5) is 11.4. The van der Waals surface area contributed by atoms with E-state index >= 15 is 0 Å². The molecule has 1 aromatic carbocycles. The van der Waals surface area contributed by atoms with Gasteiger partial charge in [0, 0.05) is 17.4 Å². The summed E-state index contributed by atoms with van der Waals surface area (Å²) in [5.41, 5.74) is 1.38. The zero-order valence-electron chi connectivity index (χ0n) is 11.9. The first kappa shape index (κ1) is 16.9. The third-order valence-electron chi connectivity index (χ3n) is 2.29. The predicted molar refractivity (Wildman–Crippen MR) is 84.3 cm³/mol. The lowest BCUT2D eigenvalue weighted by atomic mass is 10.1. The van der Waals surface area contributed by atoms with Crippen molar-refractivity contribution in [1.29, 1.82) is 0 Å². The highest BCUT2D eigenvalue weighted by atomic mass is 35.5. The topological polar surface area (TPSA) is 38.3 Å². The molecule has 0 heterocycles. The van der Waals surface area contributed by atoms with Crippen molar-refractivity contribution in [3.63, 3.8) is 0 Å². The standard InChI is InChI=1S/C15H19Cl2NO2/c1-15(2,3)20-14(19)18-8-4-5-11-6-7-13(17)12(9-11)10-16/h4-7,9H,8,10H2,1-3H3,(H,18,19). The molecular formula is C15H19Cl2NO2. The Bertz CT molecular complexity index is 493. The Morgan fingerprint density at radius 1 is 1.40 bits per heavy atom. The van der Waals surface area contributed by atoms with Crippen LogP contribution in [0.15, 0.2) is 24.3 Å². The fourth-order valence-corrected chi connectivity index (χ4v) is 1.93. The lowest BCUT2D eigenvalue weighted by Crippen LogP contribution is -2.32. The number of ether oxygens (including phenoxy) is 1. The van der Waals surface area contributed by atoms with Gasteiger partial charge in [0.1, 0.15) is 5.60 Å². The van der Waals surface area contributed by atoms with Crippen LogP contribution < -0.4 is 5.32 Å². The van der Waals surface area contributed by atoms with Gasteiger partial charge in [0.05, 0.1) is 0 Å². The SMILES string of the molecule is CC(C)(C)OC(=O)NCC=Cc1ccc(Cl)c(CCl)c1. The average molecular weight is 316 g/mol. The first-order valence-electron chi connectivity index (χ1n) is 6.29. The summed E-state index contributed by atoms with van der Waals surface area (Å²) in [5, 5.41) is 3.31. The van der Waals surface area contributed by atoms with Crippen LogP contribution in [0.25, 0.3) is 6.08 Å². The van der Waals surface area contributed by atoms with Gasteiger partial charge in [-0.05, 0) is 44.0 Å². The van der Waals surface area contributed by atoms with E-state index in [2.05, 4.69) is 5.32 Å². The molecule has 0 atom stereocenters.